The molecule has 0 bridgehead atoms. The Morgan fingerprint density at radius 3 is 2.34 bits per heavy atom. The van der Waals surface area contributed by atoms with E-state index in [0.717, 1.165) is 17.4 Å². The van der Waals surface area contributed by atoms with Crippen LogP contribution in [0.2, 0.25) is 0 Å². The Bertz CT molecular complexity index is 1040. The molecule has 9 nitrogen and oxygen atoms in total. The summed E-state index contributed by atoms with van der Waals surface area (Å²) in [4.78, 5) is 44.3. The summed E-state index contributed by atoms with van der Waals surface area (Å²) >= 11 is 1.33. The van der Waals surface area contributed by atoms with Crippen molar-refractivity contribution in [1.29, 1.82) is 0 Å². The third-order valence-electron chi connectivity index (χ3n) is 5.99. The summed E-state index contributed by atoms with van der Waals surface area (Å²) in [5, 5.41) is 0.617. The Labute approximate surface area is 192 Å². The Hall–Kier alpha value is -2.07. The Morgan fingerprint density at radius 2 is 1.66 bits per heavy atom. The first kappa shape index (κ1) is 24.6. The molecule has 10 heteroatoms. The monoisotopic (exact) mass is 465 g/mol. The zero-order valence-electron chi connectivity index (χ0n) is 19.5. The lowest BCUT2D eigenvalue weighted by molar-refractivity contribution is -0.132. The number of morpholine rings is 1. The van der Waals surface area contributed by atoms with Crippen LogP contribution in [0, 0.1) is 0 Å². The van der Waals surface area contributed by atoms with Crippen LogP contribution in [0.25, 0.3) is 11.2 Å². The zero-order chi connectivity index (χ0) is 23.1. The first-order valence-electron chi connectivity index (χ1n) is 11.6. The van der Waals surface area contributed by atoms with Gasteiger partial charge in [0, 0.05) is 33.7 Å². The van der Waals surface area contributed by atoms with Crippen molar-refractivity contribution in [2.45, 2.75) is 63.6 Å². The number of carbonyl (C=O) groups is 1. The summed E-state index contributed by atoms with van der Waals surface area (Å²) < 4.78 is 9.75. The molecule has 1 aliphatic rings. The number of aryl methyl sites for hydroxylation is 2. The van der Waals surface area contributed by atoms with E-state index in [9.17, 15) is 14.4 Å². The van der Waals surface area contributed by atoms with Gasteiger partial charge in [-0.05, 0) is 6.42 Å². The number of thioether (sulfide) groups is 1. The quantitative estimate of drug-likeness (QED) is 0.373. The number of ether oxygens (including phenoxy) is 1. The summed E-state index contributed by atoms with van der Waals surface area (Å²) in [6.07, 6.45) is 8.16. The lowest BCUT2D eigenvalue weighted by Gasteiger charge is -2.26. The van der Waals surface area contributed by atoms with Crippen LogP contribution in [0.3, 0.4) is 0 Å². The molecule has 0 spiro atoms. The summed E-state index contributed by atoms with van der Waals surface area (Å²) in [7, 11) is 3.12. The van der Waals surface area contributed by atoms with Crippen LogP contribution < -0.4 is 11.2 Å². The lowest BCUT2D eigenvalue weighted by Crippen LogP contribution is -2.41. The Kier molecular flexibility index (Phi) is 8.98. The van der Waals surface area contributed by atoms with Crippen LogP contribution in [-0.2, 0) is 30.2 Å². The average Bonchev–Trinajstić information content (AvgIpc) is 3.18. The molecule has 2 aromatic heterocycles. The molecule has 178 valence electrons. The maximum Gasteiger partial charge on any atom is 0.332 e. The molecule has 0 unspecified atom stereocenters. The van der Waals surface area contributed by atoms with Crippen molar-refractivity contribution in [3.63, 3.8) is 0 Å². The van der Waals surface area contributed by atoms with Crippen molar-refractivity contribution < 1.29 is 9.53 Å². The van der Waals surface area contributed by atoms with Crippen molar-refractivity contribution in [2.75, 3.05) is 32.1 Å². The number of imidazole rings is 1. The molecule has 0 atom stereocenters. The van der Waals surface area contributed by atoms with E-state index in [1.807, 2.05) is 4.57 Å². The van der Waals surface area contributed by atoms with E-state index >= 15 is 0 Å². The minimum absolute atomic E-state index is 0.0367. The van der Waals surface area contributed by atoms with Gasteiger partial charge in [-0.2, -0.15) is 0 Å². The highest BCUT2D eigenvalue weighted by Gasteiger charge is 2.22. The number of rotatable bonds is 11. The van der Waals surface area contributed by atoms with Gasteiger partial charge in [-0.3, -0.25) is 18.7 Å². The van der Waals surface area contributed by atoms with Crippen LogP contribution >= 0.6 is 11.8 Å². The number of carbonyl (C=O) groups excluding carboxylic acids is 1. The molecular weight excluding hydrogens is 430 g/mol. The first-order valence-corrected chi connectivity index (χ1v) is 12.6. The number of fused-ring (bicyclic) bond motifs is 1. The second kappa shape index (κ2) is 11.7. The normalized spacial score (nSPS) is 14.4. The Balaban J connectivity index is 1.79. The van der Waals surface area contributed by atoms with E-state index in [2.05, 4.69) is 11.9 Å². The third-order valence-corrected chi connectivity index (χ3v) is 6.95. The van der Waals surface area contributed by atoms with Crippen LogP contribution in [0.4, 0.5) is 0 Å². The van der Waals surface area contributed by atoms with E-state index in [1.165, 1.54) is 55.5 Å². The van der Waals surface area contributed by atoms with E-state index in [0.29, 0.717) is 49.2 Å². The molecule has 3 heterocycles. The highest BCUT2D eigenvalue weighted by Crippen LogP contribution is 2.23. The van der Waals surface area contributed by atoms with Gasteiger partial charge in [-0.25, -0.2) is 9.78 Å². The van der Waals surface area contributed by atoms with Crippen molar-refractivity contribution in [3.05, 3.63) is 20.8 Å². The maximum atomic E-state index is 12.9. The Morgan fingerprint density at radius 1 is 1.00 bits per heavy atom. The molecular formula is C22H35N5O4S. The summed E-state index contributed by atoms with van der Waals surface area (Å²) in [5.41, 5.74) is 0.0678. The van der Waals surface area contributed by atoms with Gasteiger partial charge in [0.1, 0.15) is 0 Å². The first-order chi connectivity index (χ1) is 15.5. The predicted octanol–water partition coefficient (Wildman–Crippen LogP) is 2.14. The summed E-state index contributed by atoms with van der Waals surface area (Å²) in [6.45, 7) is 5.18. The summed E-state index contributed by atoms with van der Waals surface area (Å²) in [5.74, 6) is 0.281. The molecule has 32 heavy (non-hydrogen) atoms. The van der Waals surface area contributed by atoms with E-state index in [-0.39, 0.29) is 17.2 Å². The molecule has 0 N–H and O–H groups in total. The number of nitrogens with zero attached hydrogens (tertiary/aromatic N) is 5. The van der Waals surface area contributed by atoms with Crippen molar-refractivity contribution in [3.8, 4) is 0 Å². The fourth-order valence-corrected chi connectivity index (χ4v) is 4.93. The maximum absolute atomic E-state index is 12.9. The van der Waals surface area contributed by atoms with Gasteiger partial charge < -0.3 is 14.2 Å². The molecule has 1 aliphatic heterocycles. The molecule has 1 saturated heterocycles. The van der Waals surface area contributed by atoms with E-state index in [1.54, 1.807) is 11.9 Å². The van der Waals surface area contributed by atoms with Crippen molar-refractivity contribution in [1.82, 2.24) is 23.6 Å². The number of aromatic nitrogens is 4. The van der Waals surface area contributed by atoms with Crippen LogP contribution in [0.5, 0.6) is 0 Å². The third kappa shape index (κ3) is 5.64. The minimum atomic E-state index is -0.399. The van der Waals surface area contributed by atoms with Gasteiger partial charge in [-0.15, -0.1) is 0 Å². The molecule has 0 saturated carbocycles. The van der Waals surface area contributed by atoms with E-state index in [4.69, 9.17) is 4.74 Å². The van der Waals surface area contributed by atoms with Crippen LogP contribution in [0.1, 0.15) is 51.9 Å². The number of hydrogen-bond donors (Lipinski definition) is 0. The molecule has 0 radical (unpaired) electrons. The predicted molar refractivity (Wildman–Crippen MR) is 126 cm³/mol. The summed E-state index contributed by atoms with van der Waals surface area (Å²) in [6, 6.07) is 0. The van der Waals surface area contributed by atoms with Gasteiger partial charge in [0.25, 0.3) is 5.56 Å². The van der Waals surface area contributed by atoms with E-state index < -0.39 is 5.69 Å². The number of hydrogen-bond acceptors (Lipinski definition) is 6. The highest BCUT2D eigenvalue weighted by molar-refractivity contribution is 7.99. The highest BCUT2D eigenvalue weighted by atomic mass is 32.2. The van der Waals surface area contributed by atoms with Crippen molar-refractivity contribution >= 4 is 28.8 Å². The molecule has 3 rings (SSSR count). The SMILES string of the molecule is CCCCCCCCCn1c(SCC(=O)N2CCOCC2)nc2c1c(=O)n(C)c(=O)n2C. The zero-order valence-corrected chi connectivity index (χ0v) is 20.3. The molecule has 2 aromatic rings. The van der Waals surface area contributed by atoms with Crippen LogP contribution in [-0.4, -0.2) is 61.5 Å². The minimum Gasteiger partial charge on any atom is -0.378 e. The second-order valence-corrected chi connectivity index (χ2v) is 9.27. The average molecular weight is 466 g/mol. The van der Waals surface area contributed by atoms with Gasteiger partial charge in [-0.1, -0.05) is 57.2 Å². The standard InChI is InChI=1S/C22H35N5O4S/c1-4-5-6-7-8-9-10-11-27-18-19(24(2)22(30)25(3)20(18)29)23-21(27)32-16-17(28)26-12-14-31-15-13-26/h4-16H2,1-3H3. The molecule has 0 aliphatic carbocycles. The fraction of sp³-hybridized carbons (Fsp3) is 0.727. The van der Waals surface area contributed by atoms with Gasteiger partial charge >= 0.3 is 5.69 Å². The van der Waals surface area contributed by atoms with Gasteiger partial charge in [0.2, 0.25) is 5.91 Å². The topological polar surface area (TPSA) is 91.4 Å². The van der Waals surface area contributed by atoms with Gasteiger partial charge in [0.05, 0.1) is 19.0 Å². The molecule has 1 fully saturated rings. The molecule has 0 aromatic carbocycles. The fourth-order valence-electron chi connectivity index (χ4n) is 4.00. The smallest absolute Gasteiger partial charge is 0.332 e. The van der Waals surface area contributed by atoms with Gasteiger partial charge in [0.15, 0.2) is 16.3 Å². The number of amides is 1. The number of unbranched alkanes of at least 4 members (excludes halogenated alkanes) is 6. The van der Waals surface area contributed by atoms with Crippen LogP contribution in [0.15, 0.2) is 14.7 Å². The second-order valence-electron chi connectivity index (χ2n) is 8.33. The largest absolute Gasteiger partial charge is 0.378 e. The molecule has 1 amide bonds. The lowest BCUT2D eigenvalue weighted by atomic mass is 10.1. The van der Waals surface area contributed by atoms with Crippen molar-refractivity contribution in [2.24, 2.45) is 14.1 Å².